The maximum atomic E-state index is 11.6. The van der Waals surface area contributed by atoms with Crippen LogP contribution in [-0.4, -0.2) is 10.1 Å². The van der Waals surface area contributed by atoms with E-state index in [1.165, 1.54) is 0 Å². The van der Waals surface area contributed by atoms with E-state index in [4.69, 9.17) is 5.11 Å². The van der Waals surface area contributed by atoms with E-state index in [1.807, 2.05) is 38.1 Å². The molecule has 0 aliphatic heterocycles. The predicted molar refractivity (Wildman–Crippen MR) is 67.9 cm³/mol. The molecule has 0 aliphatic carbocycles. The molecule has 1 aromatic heterocycles. The molecule has 88 valence electrons. The topological polar surface area (TPSA) is 53.1 Å². The van der Waals surface area contributed by atoms with Crippen LogP contribution in [0.3, 0.4) is 0 Å². The number of rotatable bonds is 2. The Kier molecular flexibility index (Phi) is 3.11. The van der Waals surface area contributed by atoms with Crippen molar-refractivity contribution in [2.75, 3.05) is 0 Å². The second kappa shape index (κ2) is 4.55. The Morgan fingerprint density at radius 3 is 2.59 bits per heavy atom. The monoisotopic (exact) mass is 229 g/mol. The molecule has 0 fully saturated rings. The van der Waals surface area contributed by atoms with Crippen molar-refractivity contribution in [2.45, 2.75) is 20.5 Å². The van der Waals surface area contributed by atoms with Crippen molar-refractivity contribution in [3.05, 3.63) is 57.4 Å². The minimum atomic E-state index is -0.234. The van der Waals surface area contributed by atoms with Crippen molar-refractivity contribution in [1.29, 1.82) is 0 Å². The second-order valence-electron chi connectivity index (χ2n) is 4.20. The number of hydrogen-bond donors (Lipinski definition) is 2. The third-order valence-electron chi connectivity index (χ3n) is 2.84. The summed E-state index contributed by atoms with van der Waals surface area (Å²) in [5.74, 6) is 0. The van der Waals surface area contributed by atoms with E-state index in [2.05, 4.69) is 4.98 Å². The maximum absolute atomic E-state index is 11.6. The van der Waals surface area contributed by atoms with Crippen LogP contribution >= 0.6 is 0 Å². The second-order valence-corrected chi connectivity index (χ2v) is 4.20. The number of pyridine rings is 1. The number of benzene rings is 1. The van der Waals surface area contributed by atoms with Gasteiger partial charge < -0.3 is 10.1 Å². The van der Waals surface area contributed by atoms with E-state index >= 15 is 0 Å². The quantitative estimate of drug-likeness (QED) is 0.829. The number of aryl methyl sites for hydroxylation is 2. The standard InChI is InChI=1S/C14H15NO2/c1-9-3-4-10(2)12(7-9)13-6-5-11(8-16)14(17)15-13/h3-7,16H,8H2,1-2H3,(H,15,17). The molecule has 0 radical (unpaired) electrons. The molecule has 0 saturated carbocycles. The number of aromatic nitrogens is 1. The average Bonchev–Trinajstić information content (AvgIpc) is 2.32. The number of aromatic amines is 1. The minimum Gasteiger partial charge on any atom is -0.391 e. The molecule has 3 nitrogen and oxygen atoms in total. The van der Waals surface area contributed by atoms with Crippen LogP contribution in [0.1, 0.15) is 16.7 Å². The number of H-pyrrole nitrogens is 1. The summed E-state index contributed by atoms with van der Waals surface area (Å²) >= 11 is 0. The van der Waals surface area contributed by atoms with Gasteiger partial charge in [0.15, 0.2) is 0 Å². The lowest BCUT2D eigenvalue weighted by molar-refractivity contribution is 0.280. The first-order chi connectivity index (χ1) is 8.11. The van der Waals surface area contributed by atoms with Crippen molar-refractivity contribution >= 4 is 0 Å². The van der Waals surface area contributed by atoms with Crippen molar-refractivity contribution in [3.8, 4) is 11.3 Å². The normalized spacial score (nSPS) is 10.5. The Balaban J connectivity index is 2.57. The number of aliphatic hydroxyl groups excluding tert-OH is 1. The summed E-state index contributed by atoms with van der Waals surface area (Å²) in [5, 5.41) is 8.96. The zero-order valence-corrected chi connectivity index (χ0v) is 9.95. The zero-order chi connectivity index (χ0) is 12.4. The molecule has 2 rings (SSSR count). The van der Waals surface area contributed by atoms with Gasteiger partial charge in [0.2, 0.25) is 0 Å². The third-order valence-corrected chi connectivity index (χ3v) is 2.84. The molecule has 1 aromatic carbocycles. The number of nitrogens with one attached hydrogen (secondary N) is 1. The summed E-state index contributed by atoms with van der Waals surface area (Å²) in [6.45, 7) is 3.79. The van der Waals surface area contributed by atoms with Gasteiger partial charge in [0.05, 0.1) is 6.61 Å². The van der Waals surface area contributed by atoms with Gasteiger partial charge in [-0.2, -0.15) is 0 Å². The van der Waals surface area contributed by atoms with Crippen LogP contribution in [0.5, 0.6) is 0 Å². The van der Waals surface area contributed by atoms with Crippen LogP contribution in [0.25, 0.3) is 11.3 Å². The van der Waals surface area contributed by atoms with E-state index in [0.29, 0.717) is 5.56 Å². The predicted octanol–water partition coefficient (Wildman–Crippen LogP) is 2.15. The molecule has 0 spiro atoms. The molecule has 0 bridgehead atoms. The third kappa shape index (κ3) is 2.29. The molecule has 0 saturated heterocycles. The van der Waals surface area contributed by atoms with Gasteiger partial charge in [0, 0.05) is 16.8 Å². The van der Waals surface area contributed by atoms with Crippen LogP contribution in [0.4, 0.5) is 0 Å². The van der Waals surface area contributed by atoms with Crippen LogP contribution in [0.15, 0.2) is 35.1 Å². The molecule has 17 heavy (non-hydrogen) atoms. The van der Waals surface area contributed by atoms with Crippen molar-refractivity contribution in [1.82, 2.24) is 4.98 Å². The summed E-state index contributed by atoms with van der Waals surface area (Å²) < 4.78 is 0. The molecule has 0 unspecified atom stereocenters. The highest BCUT2D eigenvalue weighted by molar-refractivity contribution is 5.64. The van der Waals surface area contributed by atoms with Crippen LogP contribution in [-0.2, 0) is 6.61 Å². The lowest BCUT2D eigenvalue weighted by Crippen LogP contribution is -2.12. The summed E-state index contributed by atoms with van der Waals surface area (Å²) in [6.07, 6.45) is 0. The first-order valence-electron chi connectivity index (χ1n) is 5.52. The lowest BCUT2D eigenvalue weighted by Gasteiger charge is -2.07. The lowest BCUT2D eigenvalue weighted by atomic mass is 10.0. The van der Waals surface area contributed by atoms with Crippen molar-refractivity contribution in [3.63, 3.8) is 0 Å². The molecule has 2 aromatic rings. The molecule has 1 heterocycles. The van der Waals surface area contributed by atoms with Gasteiger partial charge in [-0.05, 0) is 37.6 Å². The summed E-state index contributed by atoms with van der Waals surface area (Å²) in [5.41, 5.74) is 4.23. The fraction of sp³-hybridized carbons (Fsp3) is 0.214. The van der Waals surface area contributed by atoms with Gasteiger partial charge in [-0.25, -0.2) is 0 Å². The van der Waals surface area contributed by atoms with Gasteiger partial charge in [0.1, 0.15) is 0 Å². The Bertz CT molecular complexity index is 599. The molecule has 0 amide bonds. The van der Waals surface area contributed by atoms with E-state index < -0.39 is 0 Å². The largest absolute Gasteiger partial charge is 0.391 e. The number of hydrogen-bond acceptors (Lipinski definition) is 2. The van der Waals surface area contributed by atoms with Crippen molar-refractivity contribution in [2.24, 2.45) is 0 Å². The summed E-state index contributed by atoms with van der Waals surface area (Å²) in [4.78, 5) is 14.4. The molecule has 3 heteroatoms. The van der Waals surface area contributed by atoms with Gasteiger partial charge in [-0.1, -0.05) is 17.7 Å². The van der Waals surface area contributed by atoms with Gasteiger partial charge in [-0.15, -0.1) is 0 Å². The SMILES string of the molecule is Cc1ccc(C)c(-c2ccc(CO)c(=O)[nH]2)c1. The average molecular weight is 229 g/mol. The van der Waals surface area contributed by atoms with E-state index in [9.17, 15) is 4.79 Å². The maximum Gasteiger partial charge on any atom is 0.253 e. The summed E-state index contributed by atoms with van der Waals surface area (Å²) in [6, 6.07) is 9.60. The first-order valence-corrected chi connectivity index (χ1v) is 5.52. The number of aliphatic hydroxyl groups is 1. The Hall–Kier alpha value is -1.87. The highest BCUT2D eigenvalue weighted by Gasteiger charge is 2.05. The van der Waals surface area contributed by atoms with E-state index in [0.717, 1.165) is 22.4 Å². The van der Waals surface area contributed by atoms with Gasteiger partial charge in [0.25, 0.3) is 5.56 Å². The van der Waals surface area contributed by atoms with Gasteiger partial charge in [-0.3, -0.25) is 4.79 Å². The molecular weight excluding hydrogens is 214 g/mol. The Morgan fingerprint density at radius 2 is 1.94 bits per heavy atom. The highest BCUT2D eigenvalue weighted by Crippen LogP contribution is 2.21. The summed E-state index contributed by atoms with van der Waals surface area (Å²) in [7, 11) is 0. The molecule has 0 aliphatic rings. The molecule has 2 N–H and O–H groups in total. The zero-order valence-electron chi connectivity index (χ0n) is 9.95. The fourth-order valence-electron chi connectivity index (χ4n) is 1.81. The highest BCUT2D eigenvalue weighted by atomic mass is 16.3. The van der Waals surface area contributed by atoms with E-state index in [1.54, 1.807) is 6.07 Å². The van der Waals surface area contributed by atoms with Crippen LogP contribution in [0.2, 0.25) is 0 Å². The molecule has 0 atom stereocenters. The smallest absolute Gasteiger partial charge is 0.253 e. The van der Waals surface area contributed by atoms with E-state index in [-0.39, 0.29) is 12.2 Å². The Morgan fingerprint density at radius 1 is 1.18 bits per heavy atom. The minimum absolute atomic E-state index is 0.231. The fourth-order valence-corrected chi connectivity index (χ4v) is 1.81. The van der Waals surface area contributed by atoms with Crippen LogP contribution < -0.4 is 5.56 Å². The molecular formula is C14H15NO2. The Labute approximate surface area is 99.8 Å². The van der Waals surface area contributed by atoms with Crippen molar-refractivity contribution < 1.29 is 5.11 Å². The van der Waals surface area contributed by atoms with Gasteiger partial charge >= 0.3 is 0 Å². The van der Waals surface area contributed by atoms with Crippen LogP contribution in [0, 0.1) is 13.8 Å². The first kappa shape index (κ1) is 11.6.